The summed E-state index contributed by atoms with van der Waals surface area (Å²) in [6.07, 6.45) is 0.0428. The van der Waals surface area contributed by atoms with E-state index >= 15 is 0 Å². The van der Waals surface area contributed by atoms with Crippen LogP contribution in [0.4, 0.5) is 5.82 Å². The Bertz CT molecular complexity index is 765. The number of benzene rings is 1. The predicted octanol–water partition coefficient (Wildman–Crippen LogP) is 3.91. The quantitative estimate of drug-likeness (QED) is 0.541. The highest BCUT2D eigenvalue weighted by molar-refractivity contribution is 14.1. The van der Waals surface area contributed by atoms with Crippen LogP contribution < -0.4 is 15.4 Å². The Balaban J connectivity index is 2.00. The molecule has 0 unspecified atom stereocenters. The topological polar surface area (TPSA) is 63.2 Å². The van der Waals surface area contributed by atoms with Gasteiger partial charge in [0.05, 0.1) is 11.8 Å². The summed E-state index contributed by atoms with van der Waals surface area (Å²) in [7, 11) is 0. The van der Waals surface area contributed by atoms with Gasteiger partial charge < -0.3 is 10.1 Å². The summed E-state index contributed by atoms with van der Waals surface area (Å²) >= 11 is 7.38. The largest absolute Gasteiger partial charge is 0.491 e. The molecule has 2 N–H and O–H groups in total. The number of carbonyl (C=O) groups excluding carboxylic acids is 1. The van der Waals surface area contributed by atoms with Crippen molar-refractivity contribution in [2.45, 2.75) is 26.9 Å². The fourth-order valence-electron chi connectivity index (χ4n) is 1.92. The van der Waals surface area contributed by atoms with Gasteiger partial charge in [-0.05, 0) is 85.9 Å². The molecule has 126 valence electrons. The van der Waals surface area contributed by atoms with Crippen LogP contribution in [0.5, 0.6) is 5.75 Å². The van der Waals surface area contributed by atoms with Crippen LogP contribution in [0.2, 0.25) is 0 Å². The Kier molecular flexibility index (Phi) is 6.50. The molecule has 0 aliphatic heterocycles. The van der Waals surface area contributed by atoms with E-state index in [-0.39, 0.29) is 17.1 Å². The van der Waals surface area contributed by atoms with Crippen LogP contribution in [0.1, 0.15) is 29.9 Å². The second kappa shape index (κ2) is 8.39. The van der Waals surface area contributed by atoms with E-state index in [1.807, 2.05) is 39.0 Å². The molecule has 5 nitrogen and oxygen atoms in total. The summed E-state index contributed by atoms with van der Waals surface area (Å²) in [5, 5.41) is 5.75. The van der Waals surface area contributed by atoms with Crippen LogP contribution in [-0.4, -0.2) is 22.1 Å². The lowest BCUT2D eigenvalue weighted by Gasteiger charge is -2.12. The minimum absolute atomic E-state index is 0.0428. The minimum atomic E-state index is -0.302. The molecule has 0 aliphatic rings. The molecule has 1 heterocycles. The van der Waals surface area contributed by atoms with E-state index in [0.29, 0.717) is 17.1 Å². The monoisotopic (exact) mass is 455 g/mol. The van der Waals surface area contributed by atoms with E-state index in [1.54, 1.807) is 18.2 Å². The average molecular weight is 455 g/mol. The van der Waals surface area contributed by atoms with E-state index in [1.165, 1.54) is 0 Å². The van der Waals surface area contributed by atoms with Gasteiger partial charge in [-0.2, -0.15) is 0 Å². The third-order valence-electron chi connectivity index (χ3n) is 2.96. The summed E-state index contributed by atoms with van der Waals surface area (Å²) in [4.78, 5) is 16.7. The van der Waals surface area contributed by atoms with Crippen molar-refractivity contribution in [2.24, 2.45) is 0 Å². The number of aryl methyl sites for hydroxylation is 1. The fraction of sp³-hybridized carbons (Fsp3) is 0.235. The number of nitrogens with zero attached hydrogens (tertiary/aromatic N) is 1. The van der Waals surface area contributed by atoms with Crippen molar-refractivity contribution < 1.29 is 9.53 Å². The number of carbonyl (C=O) groups is 1. The Labute approximate surface area is 160 Å². The zero-order valence-electron chi connectivity index (χ0n) is 13.6. The maximum Gasteiger partial charge on any atom is 0.257 e. The minimum Gasteiger partial charge on any atom is -0.491 e. The van der Waals surface area contributed by atoms with Gasteiger partial charge in [0.2, 0.25) is 0 Å². The van der Waals surface area contributed by atoms with Crippen LogP contribution in [0.25, 0.3) is 0 Å². The van der Waals surface area contributed by atoms with Crippen molar-refractivity contribution in [2.75, 3.05) is 5.32 Å². The number of nitrogens with one attached hydrogen (secondary N) is 2. The van der Waals surface area contributed by atoms with Crippen molar-refractivity contribution in [3.8, 4) is 5.75 Å². The highest BCUT2D eigenvalue weighted by atomic mass is 127. The number of aromatic nitrogens is 1. The van der Waals surface area contributed by atoms with Gasteiger partial charge in [0.1, 0.15) is 11.6 Å². The molecule has 1 aromatic heterocycles. The lowest BCUT2D eigenvalue weighted by Crippen LogP contribution is -2.34. The van der Waals surface area contributed by atoms with Crippen molar-refractivity contribution in [1.29, 1.82) is 0 Å². The standard InChI is InChI=1S/C17H18IN3O2S/c1-10(2)23-13-6-4-5-12(9-13)16(22)21-17(24)20-15-8-7-14(18)11(3)19-15/h4-10H,1-3H3,(H2,19,20,21,22,24). The van der Waals surface area contributed by atoms with Crippen LogP contribution in [0.3, 0.4) is 0 Å². The number of hydrogen-bond donors (Lipinski definition) is 2. The molecular weight excluding hydrogens is 437 g/mol. The number of hydrogen-bond acceptors (Lipinski definition) is 4. The highest BCUT2D eigenvalue weighted by Gasteiger charge is 2.10. The maximum atomic E-state index is 12.3. The SMILES string of the molecule is Cc1nc(NC(=S)NC(=O)c2cccc(OC(C)C)c2)ccc1I. The van der Waals surface area contributed by atoms with Gasteiger partial charge >= 0.3 is 0 Å². The molecule has 0 bridgehead atoms. The van der Waals surface area contributed by atoms with Gasteiger partial charge in [-0.1, -0.05) is 6.07 Å². The maximum absolute atomic E-state index is 12.3. The molecule has 1 amide bonds. The number of thiocarbonyl (C=S) groups is 1. The summed E-state index contributed by atoms with van der Waals surface area (Å²) in [5.41, 5.74) is 1.37. The molecule has 0 spiro atoms. The number of amides is 1. The molecule has 0 saturated heterocycles. The predicted molar refractivity (Wildman–Crippen MR) is 108 cm³/mol. The third kappa shape index (κ3) is 5.41. The number of rotatable bonds is 4. The van der Waals surface area contributed by atoms with Gasteiger partial charge in [0.15, 0.2) is 5.11 Å². The Morgan fingerprint density at radius 1 is 1.29 bits per heavy atom. The second-order valence-corrected chi connectivity index (χ2v) is 6.94. The number of ether oxygens (including phenoxy) is 1. The Hall–Kier alpha value is -1.74. The van der Waals surface area contributed by atoms with Gasteiger partial charge in [-0.3, -0.25) is 10.1 Å². The lowest BCUT2D eigenvalue weighted by atomic mass is 10.2. The van der Waals surface area contributed by atoms with Gasteiger partial charge in [-0.25, -0.2) is 4.98 Å². The molecule has 2 rings (SSSR count). The van der Waals surface area contributed by atoms with Crippen molar-refractivity contribution in [3.63, 3.8) is 0 Å². The first-order valence-electron chi connectivity index (χ1n) is 7.37. The highest BCUT2D eigenvalue weighted by Crippen LogP contribution is 2.15. The van der Waals surface area contributed by atoms with E-state index < -0.39 is 0 Å². The van der Waals surface area contributed by atoms with E-state index in [4.69, 9.17) is 17.0 Å². The zero-order chi connectivity index (χ0) is 17.7. The molecular formula is C17H18IN3O2S. The van der Waals surface area contributed by atoms with Crippen LogP contribution in [0, 0.1) is 10.5 Å². The van der Waals surface area contributed by atoms with Gasteiger partial charge in [0, 0.05) is 9.13 Å². The molecule has 24 heavy (non-hydrogen) atoms. The van der Waals surface area contributed by atoms with E-state index in [2.05, 4.69) is 38.2 Å². The molecule has 0 fully saturated rings. The third-order valence-corrected chi connectivity index (χ3v) is 4.30. The van der Waals surface area contributed by atoms with Crippen molar-refractivity contribution >= 4 is 51.6 Å². The Morgan fingerprint density at radius 3 is 2.71 bits per heavy atom. The first-order valence-corrected chi connectivity index (χ1v) is 8.86. The van der Waals surface area contributed by atoms with Crippen LogP contribution in [0.15, 0.2) is 36.4 Å². The van der Waals surface area contributed by atoms with Gasteiger partial charge in [-0.15, -0.1) is 0 Å². The first-order chi connectivity index (χ1) is 11.3. The van der Waals surface area contributed by atoms with Crippen molar-refractivity contribution in [3.05, 3.63) is 51.2 Å². The number of pyridine rings is 1. The lowest BCUT2D eigenvalue weighted by molar-refractivity contribution is 0.0977. The average Bonchev–Trinajstić information content (AvgIpc) is 2.50. The normalized spacial score (nSPS) is 10.4. The number of halogens is 1. The summed E-state index contributed by atoms with van der Waals surface area (Å²) in [5.74, 6) is 0.936. The molecule has 0 saturated carbocycles. The number of anilines is 1. The second-order valence-electron chi connectivity index (χ2n) is 5.37. The molecule has 1 aromatic carbocycles. The zero-order valence-corrected chi connectivity index (χ0v) is 16.6. The summed E-state index contributed by atoms with van der Waals surface area (Å²) in [6.45, 7) is 5.78. The summed E-state index contributed by atoms with van der Waals surface area (Å²) < 4.78 is 6.66. The van der Waals surface area contributed by atoms with E-state index in [0.717, 1.165) is 9.26 Å². The van der Waals surface area contributed by atoms with Crippen molar-refractivity contribution in [1.82, 2.24) is 10.3 Å². The molecule has 0 radical (unpaired) electrons. The van der Waals surface area contributed by atoms with Gasteiger partial charge in [0.25, 0.3) is 5.91 Å². The molecule has 0 atom stereocenters. The van der Waals surface area contributed by atoms with Crippen LogP contribution >= 0.6 is 34.8 Å². The smallest absolute Gasteiger partial charge is 0.257 e. The van der Waals surface area contributed by atoms with Crippen LogP contribution in [-0.2, 0) is 0 Å². The molecule has 0 aliphatic carbocycles. The Morgan fingerprint density at radius 2 is 2.04 bits per heavy atom. The molecule has 7 heteroatoms. The first kappa shape index (κ1) is 18.6. The molecule has 2 aromatic rings. The van der Waals surface area contributed by atoms with E-state index in [9.17, 15) is 4.79 Å². The summed E-state index contributed by atoms with van der Waals surface area (Å²) in [6, 6.07) is 10.7. The fourth-order valence-corrected chi connectivity index (χ4v) is 2.42.